The fraction of sp³-hybridized carbons (Fsp3) is 0.500. The van der Waals surface area contributed by atoms with Crippen LogP contribution in [0.4, 0.5) is 13.2 Å². The van der Waals surface area contributed by atoms with Crippen LogP contribution >= 0.6 is 31.9 Å². The number of hydrogen-bond donors (Lipinski definition) is 0. The third-order valence-electron chi connectivity index (χ3n) is 0.916. The van der Waals surface area contributed by atoms with Gasteiger partial charge in [-0.2, -0.15) is 4.39 Å². The van der Waals surface area contributed by atoms with Gasteiger partial charge in [-0.25, -0.2) is 8.78 Å². The van der Waals surface area contributed by atoms with E-state index in [4.69, 9.17) is 0 Å². The van der Waals surface area contributed by atoms with Gasteiger partial charge in [0.05, 0.1) is 0 Å². The summed E-state index contributed by atoms with van der Waals surface area (Å²) in [4.78, 5) is 0. The fourth-order valence-corrected chi connectivity index (χ4v) is 1.56. The minimum atomic E-state index is -2.80. The average molecular weight is 282 g/mol. The Labute approximate surface area is 71.5 Å². The van der Waals surface area contributed by atoms with Gasteiger partial charge in [0, 0.05) is 0 Å². The smallest absolute Gasteiger partial charge is 0.309 e. The Hall–Kier alpha value is 0.450. The number of ether oxygens (including phenoxy) is 1. The highest BCUT2D eigenvalue weighted by Crippen LogP contribution is 2.44. The van der Waals surface area contributed by atoms with E-state index in [9.17, 15) is 13.2 Å². The van der Waals surface area contributed by atoms with Crippen LogP contribution in [0.5, 0.6) is 0 Å². The van der Waals surface area contributed by atoms with Crippen LogP contribution in [0.3, 0.4) is 0 Å². The van der Waals surface area contributed by atoms with E-state index in [1.807, 2.05) is 0 Å². The molecule has 0 aromatic carbocycles. The monoisotopic (exact) mass is 280 g/mol. The lowest BCUT2D eigenvalue weighted by Crippen LogP contribution is -2.14. The maximum atomic E-state index is 12.5. The molecule has 0 aromatic rings. The van der Waals surface area contributed by atoms with Crippen molar-refractivity contribution in [3.63, 3.8) is 0 Å². The van der Waals surface area contributed by atoms with Gasteiger partial charge >= 0.3 is 4.76 Å². The molecular formula is C4HBr2F3O. The SMILES string of the molecule is FC1=C(F)[C@@](F)(Br)O[C@H]1Br. The van der Waals surface area contributed by atoms with Gasteiger partial charge < -0.3 is 4.74 Å². The minimum absolute atomic E-state index is 1.28. The lowest BCUT2D eigenvalue weighted by Gasteiger charge is -2.08. The molecule has 0 aliphatic carbocycles. The highest BCUT2D eigenvalue weighted by molar-refractivity contribution is 9.10. The van der Waals surface area contributed by atoms with Crippen molar-refractivity contribution in [2.24, 2.45) is 0 Å². The van der Waals surface area contributed by atoms with Gasteiger partial charge in [0.25, 0.3) is 0 Å². The van der Waals surface area contributed by atoms with Crippen LogP contribution in [-0.4, -0.2) is 9.78 Å². The Morgan fingerprint density at radius 1 is 1.50 bits per heavy atom. The molecule has 0 N–H and O–H groups in total. The van der Waals surface area contributed by atoms with Crippen molar-refractivity contribution in [1.29, 1.82) is 0 Å². The molecule has 0 saturated heterocycles. The lowest BCUT2D eigenvalue weighted by atomic mass is 10.5. The van der Waals surface area contributed by atoms with Crippen molar-refractivity contribution in [2.45, 2.75) is 9.78 Å². The molecule has 0 saturated carbocycles. The predicted octanol–water partition coefficient (Wildman–Crippen LogP) is 2.91. The molecule has 0 amide bonds. The molecule has 0 unspecified atom stereocenters. The van der Waals surface area contributed by atoms with Crippen LogP contribution < -0.4 is 0 Å². The summed E-state index contributed by atoms with van der Waals surface area (Å²) < 4.78 is 38.4. The third-order valence-corrected chi connectivity index (χ3v) is 2.04. The minimum Gasteiger partial charge on any atom is -0.309 e. The second-order valence-electron chi connectivity index (χ2n) is 1.61. The summed E-state index contributed by atoms with van der Waals surface area (Å²) in [5.74, 6) is -2.85. The van der Waals surface area contributed by atoms with E-state index in [2.05, 4.69) is 36.6 Å². The average Bonchev–Trinajstić information content (AvgIpc) is 1.95. The van der Waals surface area contributed by atoms with Gasteiger partial charge in [0.2, 0.25) is 5.83 Å². The summed E-state index contributed by atoms with van der Waals surface area (Å²) in [6, 6.07) is 0. The molecular weight excluding hydrogens is 281 g/mol. The van der Waals surface area contributed by atoms with E-state index in [1.165, 1.54) is 0 Å². The summed E-state index contributed by atoms with van der Waals surface area (Å²) in [6.45, 7) is 0. The first-order valence-corrected chi connectivity index (χ1v) is 3.91. The predicted molar refractivity (Wildman–Crippen MR) is 35.8 cm³/mol. The maximum Gasteiger partial charge on any atom is 0.322 e. The van der Waals surface area contributed by atoms with Gasteiger partial charge in [-0.05, 0) is 31.9 Å². The Balaban J connectivity index is 2.95. The summed E-state index contributed by atoms with van der Waals surface area (Å²) in [6.07, 6.45) is 0. The van der Waals surface area contributed by atoms with Gasteiger partial charge in [-0.15, -0.1) is 0 Å². The van der Waals surface area contributed by atoms with Crippen molar-refractivity contribution in [1.82, 2.24) is 0 Å². The maximum absolute atomic E-state index is 12.5. The summed E-state index contributed by atoms with van der Waals surface area (Å²) in [5.41, 5.74) is 0. The summed E-state index contributed by atoms with van der Waals surface area (Å²) >= 11 is 4.75. The molecule has 0 aromatic heterocycles. The zero-order chi connectivity index (χ0) is 7.94. The molecule has 0 fully saturated rings. The van der Waals surface area contributed by atoms with Crippen molar-refractivity contribution in [3.8, 4) is 0 Å². The zero-order valence-corrected chi connectivity index (χ0v) is 7.55. The molecule has 1 heterocycles. The number of hydrogen-bond acceptors (Lipinski definition) is 1. The molecule has 2 atom stereocenters. The molecule has 1 aliphatic heterocycles. The fourth-order valence-electron chi connectivity index (χ4n) is 0.472. The quantitative estimate of drug-likeness (QED) is 0.621. The molecule has 0 radical (unpaired) electrons. The Bertz CT molecular complexity index is 191. The first-order chi connectivity index (χ1) is 4.45. The van der Waals surface area contributed by atoms with Crippen LogP contribution in [-0.2, 0) is 4.74 Å². The zero-order valence-electron chi connectivity index (χ0n) is 4.38. The van der Waals surface area contributed by atoms with Crippen molar-refractivity contribution >= 4 is 31.9 Å². The topological polar surface area (TPSA) is 9.23 Å². The van der Waals surface area contributed by atoms with Gasteiger partial charge in [-0.3, -0.25) is 0 Å². The molecule has 10 heavy (non-hydrogen) atoms. The molecule has 1 aliphatic rings. The molecule has 0 bridgehead atoms. The molecule has 58 valence electrons. The van der Waals surface area contributed by atoms with Crippen molar-refractivity contribution < 1.29 is 17.9 Å². The van der Waals surface area contributed by atoms with E-state index in [1.54, 1.807) is 0 Å². The van der Waals surface area contributed by atoms with E-state index >= 15 is 0 Å². The summed E-state index contributed by atoms with van der Waals surface area (Å²) in [7, 11) is 0. The van der Waals surface area contributed by atoms with E-state index in [0.717, 1.165) is 0 Å². The molecule has 6 heteroatoms. The van der Waals surface area contributed by atoms with Crippen LogP contribution in [0.25, 0.3) is 0 Å². The van der Waals surface area contributed by atoms with Crippen LogP contribution in [0.2, 0.25) is 0 Å². The Morgan fingerprint density at radius 2 is 2.00 bits per heavy atom. The molecule has 1 nitrogen and oxygen atoms in total. The molecule has 1 rings (SSSR count). The second-order valence-corrected chi connectivity index (χ2v) is 3.46. The Morgan fingerprint density at radius 3 is 2.10 bits per heavy atom. The third kappa shape index (κ3) is 1.24. The van der Waals surface area contributed by atoms with Gasteiger partial charge in [0.1, 0.15) is 0 Å². The van der Waals surface area contributed by atoms with E-state index < -0.39 is 21.4 Å². The van der Waals surface area contributed by atoms with Crippen LogP contribution in [0.1, 0.15) is 0 Å². The number of rotatable bonds is 0. The largest absolute Gasteiger partial charge is 0.322 e. The normalized spacial score (nSPS) is 41.1. The second kappa shape index (κ2) is 2.49. The Kier molecular flexibility index (Phi) is 2.13. The molecule has 0 spiro atoms. The highest BCUT2D eigenvalue weighted by atomic mass is 79.9. The van der Waals surface area contributed by atoms with E-state index in [0.29, 0.717) is 0 Å². The van der Waals surface area contributed by atoms with Crippen LogP contribution in [0.15, 0.2) is 11.7 Å². The number of alkyl halides is 3. The lowest BCUT2D eigenvalue weighted by molar-refractivity contribution is -0.0273. The van der Waals surface area contributed by atoms with Crippen molar-refractivity contribution in [2.75, 3.05) is 0 Å². The standard InChI is InChI=1S/C4HBr2F3O/c5-3-1(7)2(8)4(6,9)10-3/h3H/t3-,4+/m1/s1. The van der Waals surface area contributed by atoms with Gasteiger partial charge in [-0.1, -0.05) is 0 Å². The van der Waals surface area contributed by atoms with Crippen molar-refractivity contribution in [3.05, 3.63) is 11.7 Å². The number of halogens is 5. The highest BCUT2D eigenvalue weighted by Gasteiger charge is 2.47. The summed E-state index contributed by atoms with van der Waals surface area (Å²) in [5, 5.41) is -1.34. The first kappa shape index (κ1) is 8.55. The van der Waals surface area contributed by atoms with E-state index in [-0.39, 0.29) is 0 Å². The first-order valence-electron chi connectivity index (χ1n) is 2.20. The van der Waals surface area contributed by atoms with Crippen LogP contribution in [0, 0.1) is 0 Å². The van der Waals surface area contributed by atoms with Gasteiger partial charge in [0.15, 0.2) is 10.8 Å².